The summed E-state index contributed by atoms with van der Waals surface area (Å²) in [4.78, 5) is 0. The maximum atomic E-state index is 11.0. The van der Waals surface area contributed by atoms with Gasteiger partial charge in [-0.3, -0.25) is 0 Å². The van der Waals surface area contributed by atoms with Crippen molar-refractivity contribution in [3.05, 3.63) is 0 Å². The Morgan fingerprint density at radius 1 is 1.00 bits per heavy atom. The molecule has 0 aliphatic rings. The first-order chi connectivity index (χ1) is 6.72. The van der Waals surface area contributed by atoms with E-state index in [1.807, 2.05) is 4.72 Å². The maximum Gasteiger partial charge on any atom is 0.276 e. The van der Waals surface area contributed by atoms with Gasteiger partial charge in [0.05, 0.1) is 0 Å². The van der Waals surface area contributed by atoms with Crippen molar-refractivity contribution in [2.24, 2.45) is 0 Å². The molecule has 0 aliphatic carbocycles. The summed E-state index contributed by atoms with van der Waals surface area (Å²) in [7, 11) is -4.57. The third kappa shape index (κ3) is 6.76. The molecular formula is C5H16N4O4S2. The van der Waals surface area contributed by atoms with Crippen molar-refractivity contribution in [1.82, 2.24) is 18.9 Å². The van der Waals surface area contributed by atoms with Crippen LogP contribution in [-0.4, -0.2) is 43.5 Å². The second-order valence-corrected chi connectivity index (χ2v) is 6.14. The summed E-state index contributed by atoms with van der Waals surface area (Å²) < 4.78 is 52.3. The Hall–Kier alpha value is -0.260. The third-order valence-electron chi connectivity index (χ3n) is 1.47. The minimum absolute atomic E-state index is 0.0376. The lowest BCUT2D eigenvalue weighted by Gasteiger charge is -2.13. The number of hydrogen-bond acceptors (Lipinski definition) is 4. The fourth-order valence-corrected chi connectivity index (χ4v) is 2.02. The molecule has 0 amide bonds. The normalized spacial score (nSPS) is 15.1. The molecule has 4 N–H and O–H groups in total. The van der Waals surface area contributed by atoms with Gasteiger partial charge in [0.2, 0.25) is 0 Å². The van der Waals surface area contributed by atoms with Crippen LogP contribution in [-0.2, 0) is 20.4 Å². The van der Waals surface area contributed by atoms with Gasteiger partial charge in [0.25, 0.3) is 20.4 Å². The molecule has 15 heavy (non-hydrogen) atoms. The van der Waals surface area contributed by atoms with Crippen LogP contribution in [0.4, 0.5) is 0 Å². The molecule has 0 aromatic carbocycles. The van der Waals surface area contributed by atoms with Gasteiger partial charge in [-0.1, -0.05) is 0 Å². The van der Waals surface area contributed by atoms with Gasteiger partial charge in [-0.05, 0) is 6.92 Å². The van der Waals surface area contributed by atoms with E-state index >= 15 is 0 Å². The molecule has 0 bridgehead atoms. The third-order valence-corrected chi connectivity index (χ3v) is 3.81. The largest absolute Gasteiger partial charge is 0.276 e. The summed E-state index contributed by atoms with van der Waals surface area (Å²) in [5, 5.41) is 0. The Morgan fingerprint density at radius 3 is 1.87 bits per heavy atom. The van der Waals surface area contributed by atoms with Crippen LogP contribution in [0.2, 0.25) is 0 Å². The van der Waals surface area contributed by atoms with Crippen molar-refractivity contribution in [2.75, 3.05) is 20.6 Å². The summed E-state index contributed by atoms with van der Waals surface area (Å²) >= 11 is 0. The molecule has 0 radical (unpaired) electrons. The zero-order valence-corrected chi connectivity index (χ0v) is 10.4. The molecule has 1 atom stereocenters. The molecule has 0 heterocycles. The topological polar surface area (TPSA) is 116 Å². The average molecular weight is 260 g/mol. The predicted octanol–water partition coefficient (Wildman–Crippen LogP) is -2.52. The zero-order chi connectivity index (χ0) is 12.1. The van der Waals surface area contributed by atoms with Crippen LogP contribution in [0.5, 0.6) is 0 Å². The van der Waals surface area contributed by atoms with Gasteiger partial charge in [-0.25, -0.2) is 14.2 Å². The summed E-state index contributed by atoms with van der Waals surface area (Å²) in [5.41, 5.74) is 0. The van der Waals surface area contributed by atoms with Crippen molar-refractivity contribution in [2.45, 2.75) is 13.0 Å². The van der Waals surface area contributed by atoms with E-state index in [1.54, 1.807) is 0 Å². The molecule has 0 saturated heterocycles. The lowest BCUT2D eigenvalue weighted by Crippen LogP contribution is -2.47. The molecule has 0 saturated carbocycles. The Bertz CT molecular complexity index is 376. The number of rotatable bonds is 7. The summed E-state index contributed by atoms with van der Waals surface area (Å²) in [6, 6.07) is -0.550. The highest BCUT2D eigenvalue weighted by Gasteiger charge is 2.13. The van der Waals surface area contributed by atoms with Crippen molar-refractivity contribution in [3.63, 3.8) is 0 Å². The smallest absolute Gasteiger partial charge is 0.205 e. The zero-order valence-electron chi connectivity index (χ0n) is 8.73. The fraction of sp³-hybridized carbons (Fsp3) is 1.00. The van der Waals surface area contributed by atoms with Gasteiger partial charge in [0.1, 0.15) is 0 Å². The van der Waals surface area contributed by atoms with E-state index < -0.39 is 26.5 Å². The summed E-state index contributed by atoms with van der Waals surface area (Å²) in [5.74, 6) is 0. The number of nitrogens with one attached hydrogen (secondary N) is 4. The van der Waals surface area contributed by atoms with Gasteiger partial charge in [-0.2, -0.15) is 21.6 Å². The molecule has 0 fully saturated rings. The van der Waals surface area contributed by atoms with Crippen molar-refractivity contribution < 1.29 is 16.8 Å². The SMILES string of the molecule is CNS(=O)(=O)NC[C@H](C)NS(=O)(=O)NC. The fourth-order valence-electron chi connectivity index (χ4n) is 0.672. The van der Waals surface area contributed by atoms with Gasteiger partial charge in [0.15, 0.2) is 0 Å². The molecule has 0 rings (SSSR count). The Morgan fingerprint density at radius 2 is 1.47 bits per heavy atom. The van der Waals surface area contributed by atoms with Gasteiger partial charge < -0.3 is 0 Å². The Balaban J connectivity index is 4.13. The minimum Gasteiger partial charge on any atom is -0.205 e. The van der Waals surface area contributed by atoms with Crippen LogP contribution in [0.25, 0.3) is 0 Å². The lowest BCUT2D eigenvalue weighted by molar-refractivity contribution is 0.537. The van der Waals surface area contributed by atoms with Crippen molar-refractivity contribution in [1.29, 1.82) is 0 Å². The second kappa shape index (κ2) is 5.72. The molecule has 8 nitrogen and oxygen atoms in total. The van der Waals surface area contributed by atoms with E-state index in [2.05, 4.69) is 14.2 Å². The summed E-state index contributed by atoms with van der Waals surface area (Å²) in [6.45, 7) is 1.50. The highest BCUT2D eigenvalue weighted by Crippen LogP contribution is 1.84. The van der Waals surface area contributed by atoms with E-state index in [0.717, 1.165) is 0 Å². The lowest BCUT2D eigenvalue weighted by atomic mass is 10.4. The molecule has 0 aromatic rings. The van der Waals surface area contributed by atoms with Crippen LogP contribution in [0.3, 0.4) is 0 Å². The van der Waals surface area contributed by atoms with E-state index in [-0.39, 0.29) is 6.54 Å². The molecule has 0 aromatic heterocycles. The van der Waals surface area contributed by atoms with Crippen LogP contribution >= 0.6 is 0 Å². The highest BCUT2D eigenvalue weighted by atomic mass is 32.2. The first-order valence-corrected chi connectivity index (χ1v) is 7.08. The van der Waals surface area contributed by atoms with Crippen LogP contribution < -0.4 is 18.9 Å². The van der Waals surface area contributed by atoms with Gasteiger partial charge >= 0.3 is 0 Å². The standard InChI is InChI=1S/C5H16N4O4S2/c1-5(9-15(12,13)7-3)4-8-14(10,11)6-2/h5-9H,4H2,1-3H3/t5-/m0/s1. The van der Waals surface area contributed by atoms with E-state index in [0.29, 0.717) is 0 Å². The Labute approximate surface area is 90.2 Å². The first-order valence-electron chi connectivity index (χ1n) is 4.11. The maximum absolute atomic E-state index is 11.0. The predicted molar refractivity (Wildman–Crippen MR) is 56.6 cm³/mol. The highest BCUT2D eigenvalue weighted by molar-refractivity contribution is 7.87. The molecule has 0 aliphatic heterocycles. The Kier molecular flexibility index (Phi) is 5.62. The first kappa shape index (κ1) is 14.7. The minimum atomic E-state index is -3.55. The average Bonchev–Trinajstić information content (AvgIpc) is 2.15. The molecule has 0 spiro atoms. The van der Waals surface area contributed by atoms with Crippen LogP contribution in [0.15, 0.2) is 0 Å². The van der Waals surface area contributed by atoms with Crippen molar-refractivity contribution in [3.8, 4) is 0 Å². The quantitative estimate of drug-likeness (QED) is 0.404. The summed E-state index contributed by atoms with van der Waals surface area (Å²) in [6.07, 6.45) is 0. The van der Waals surface area contributed by atoms with Gasteiger partial charge in [0, 0.05) is 26.7 Å². The molecule has 0 unspecified atom stereocenters. The molecular weight excluding hydrogens is 244 g/mol. The number of hydrogen-bond donors (Lipinski definition) is 4. The second-order valence-electron chi connectivity index (χ2n) is 2.78. The van der Waals surface area contributed by atoms with Gasteiger partial charge in [-0.15, -0.1) is 0 Å². The molecule has 92 valence electrons. The molecule has 10 heteroatoms. The van der Waals surface area contributed by atoms with E-state index in [4.69, 9.17) is 0 Å². The van der Waals surface area contributed by atoms with Crippen molar-refractivity contribution >= 4 is 20.4 Å². The monoisotopic (exact) mass is 260 g/mol. The van der Waals surface area contributed by atoms with E-state index in [1.165, 1.54) is 21.0 Å². The van der Waals surface area contributed by atoms with Crippen LogP contribution in [0, 0.1) is 0 Å². The van der Waals surface area contributed by atoms with Crippen LogP contribution in [0.1, 0.15) is 6.92 Å². The van der Waals surface area contributed by atoms with E-state index in [9.17, 15) is 16.8 Å².